The largest absolute Gasteiger partial charge is 0.478 e. The zero-order valence-electron chi connectivity index (χ0n) is 9.76. The second-order valence-electron chi connectivity index (χ2n) is 4.78. The molecule has 2 heteroatoms. The molecule has 1 rings (SSSR count). The number of aliphatic imine (C=N–C) groups is 1. The summed E-state index contributed by atoms with van der Waals surface area (Å²) in [5, 5.41) is 0. The number of hydrogen-bond acceptors (Lipinski definition) is 2. The van der Waals surface area contributed by atoms with E-state index in [1.54, 1.807) is 0 Å². The van der Waals surface area contributed by atoms with Crippen molar-refractivity contribution >= 4 is 5.90 Å². The average molecular weight is 195 g/mol. The Balaban J connectivity index is 2.24. The Kier molecular flexibility index (Phi) is 3.73. The van der Waals surface area contributed by atoms with Crippen molar-refractivity contribution in [3.8, 4) is 0 Å². The summed E-state index contributed by atoms with van der Waals surface area (Å²) in [5.74, 6) is 0.942. The van der Waals surface area contributed by atoms with E-state index in [-0.39, 0.29) is 5.54 Å². The molecule has 1 aliphatic heterocycles. The van der Waals surface area contributed by atoms with Gasteiger partial charge in [-0.3, -0.25) is 0 Å². The molecule has 0 fully saturated rings. The van der Waals surface area contributed by atoms with E-state index in [2.05, 4.69) is 38.8 Å². The van der Waals surface area contributed by atoms with Crippen molar-refractivity contribution in [3.63, 3.8) is 0 Å². The van der Waals surface area contributed by atoms with Crippen LogP contribution in [0.2, 0.25) is 0 Å². The molecule has 2 nitrogen and oxygen atoms in total. The van der Waals surface area contributed by atoms with Crippen molar-refractivity contribution in [2.24, 2.45) is 4.99 Å². The fourth-order valence-corrected chi connectivity index (χ4v) is 1.43. The normalized spacial score (nSPS) is 18.7. The second kappa shape index (κ2) is 4.63. The molecule has 1 heterocycles. The molecule has 0 amide bonds. The summed E-state index contributed by atoms with van der Waals surface area (Å²) >= 11 is 0. The zero-order valence-corrected chi connectivity index (χ0v) is 9.76. The first-order chi connectivity index (χ1) is 6.49. The van der Waals surface area contributed by atoms with E-state index in [0.29, 0.717) is 0 Å². The van der Waals surface area contributed by atoms with Gasteiger partial charge in [0.15, 0.2) is 5.90 Å². The molecule has 0 atom stereocenters. The van der Waals surface area contributed by atoms with E-state index < -0.39 is 0 Å². The Morgan fingerprint density at radius 1 is 1.50 bits per heavy atom. The minimum Gasteiger partial charge on any atom is -0.478 e. The number of unbranched alkanes of at least 4 members (excludes halogenated alkanes) is 1. The lowest BCUT2D eigenvalue weighted by Crippen LogP contribution is -2.17. The summed E-state index contributed by atoms with van der Waals surface area (Å²) in [6.07, 6.45) is 5.51. The van der Waals surface area contributed by atoms with Gasteiger partial charge in [0.25, 0.3) is 0 Å². The van der Waals surface area contributed by atoms with Crippen LogP contribution in [0.5, 0.6) is 0 Å². The molecule has 0 radical (unpaired) electrons. The molecule has 0 spiro atoms. The smallest absolute Gasteiger partial charge is 0.183 e. The first-order valence-electron chi connectivity index (χ1n) is 5.34. The van der Waals surface area contributed by atoms with Gasteiger partial charge in [0, 0.05) is 6.42 Å². The molecular weight excluding hydrogens is 174 g/mol. The molecule has 0 aromatic heterocycles. The number of hydrogen-bond donors (Lipinski definition) is 0. The highest BCUT2D eigenvalue weighted by Crippen LogP contribution is 2.19. The zero-order chi connectivity index (χ0) is 10.6. The van der Waals surface area contributed by atoms with Crippen molar-refractivity contribution in [3.05, 3.63) is 11.6 Å². The number of allylic oxidation sites excluding steroid dienone is 2. The van der Waals surface area contributed by atoms with Crippen LogP contribution in [-0.4, -0.2) is 18.0 Å². The van der Waals surface area contributed by atoms with Crippen molar-refractivity contribution < 1.29 is 4.74 Å². The summed E-state index contributed by atoms with van der Waals surface area (Å²) in [6, 6.07) is 0. The Labute approximate surface area is 87.1 Å². The van der Waals surface area contributed by atoms with Gasteiger partial charge in [0.05, 0.1) is 5.54 Å². The number of rotatable bonds is 4. The maximum absolute atomic E-state index is 5.50. The Morgan fingerprint density at radius 3 is 2.71 bits per heavy atom. The van der Waals surface area contributed by atoms with Crippen LogP contribution in [0.15, 0.2) is 16.6 Å². The molecular formula is C12H21NO. The van der Waals surface area contributed by atoms with E-state index in [9.17, 15) is 0 Å². The minimum atomic E-state index is 0.00580. The molecule has 0 aliphatic carbocycles. The number of nitrogens with zero attached hydrogens (tertiary/aromatic N) is 1. The molecule has 0 aromatic carbocycles. The van der Waals surface area contributed by atoms with Gasteiger partial charge in [0.2, 0.25) is 0 Å². The Bertz CT molecular complexity index is 247. The summed E-state index contributed by atoms with van der Waals surface area (Å²) in [4.78, 5) is 4.51. The molecule has 0 bridgehead atoms. The highest BCUT2D eigenvalue weighted by molar-refractivity contribution is 5.78. The third-order valence-corrected chi connectivity index (χ3v) is 2.17. The van der Waals surface area contributed by atoms with Crippen LogP contribution >= 0.6 is 0 Å². The van der Waals surface area contributed by atoms with E-state index >= 15 is 0 Å². The first-order valence-corrected chi connectivity index (χ1v) is 5.34. The monoisotopic (exact) mass is 195 g/mol. The van der Waals surface area contributed by atoms with Crippen molar-refractivity contribution in [1.29, 1.82) is 0 Å². The second-order valence-corrected chi connectivity index (χ2v) is 4.78. The molecule has 0 N–H and O–H groups in total. The Hall–Kier alpha value is -0.790. The first kappa shape index (κ1) is 11.3. The van der Waals surface area contributed by atoms with Gasteiger partial charge in [-0.15, -0.1) is 0 Å². The van der Waals surface area contributed by atoms with Gasteiger partial charge in [0.1, 0.15) is 6.61 Å². The predicted molar refractivity (Wildman–Crippen MR) is 60.7 cm³/mol. The van der Waals surface area contributed by atoms with Gasteiger partial charge in [-0.25, -0.2) is 4.99 Å². The van der Waals surface area contributed by atoms with Gasteiger partial charge < -0.3 is 4.74 Å². The molecule has 1 aliphatic rings. The molecule has 14 heavy (non-hydrogen) atoms. The highest BCUT2D eigenvalue weighted by atomic mass is 16.5. The number of ether oxygens (including phenoxy) is 1. The lowest BCUT2D eigenvalue weighted by Gasteiger charge is -2.07. The SMILES string of the molecule is CC(C)=CCCCC1=NC(C)(C)CO1. The molecule has 0 saturated carbocycles. The molecule has 0 unspecified atom stereocenters. The maximum Gasteiger partial charge on any atom is 0.183 e. The maximum atomic E-state index is 5.50. The van der Waals surface area contributed by atoms with Crippen LogP contribution in [-0.2, 0) is 4.74 Å². The lowest BCUT2D eigenvalue weighted by molar-refractivity contribution is 0.273. The van der Waals surface area contributed by atoms with Gasteiger partial charge >= 0.3 is 0 Å². The Morgan fingerprint density at radius 2 is 2.21 bits per heavy atom. The van der Waals surface area contributed by atoms with Gasteiger partial charge in [-0.2, -0.15) is 0 Å². The molecule has 0 aromatic rings. The van der Waals surface area contributed by atoms with Crippen LogP contribution in [0.3, 0.4) is 0 Å². The fraction of sp³-hybridized carbons (Fsp3) is 0.750. The third-order valence-electron chi connectivity index (χ3n) is 2.17. The van der Waals surface area contributed by atoms with E-state index in [1.165, 1.54) is 5.57 Å². The predicted octanol–water partition coefficient (Wildman–Crippen LogP) is 3.33. The minimum absolute atomic E-state index is 0.00580. The standard InChI is InChI=1S/C12H21NO/c1-10(2)7-5-6-8-11-13-12(3,4)9-14-11/h7H,5-6,8-9H2,1-4H3. The van der Waals surface area contributed by atoms with E-state index in [0.717, 1.165) is 31.8 Å². The summed E-state index contributed by atoms with van der Waals surface area (Å²) in [5.41, 5.74) is 1.39. The third kappa shape index (κ3) is 3.95. The van der Waals surface area contributed by atoms with Crippen LogP contribution < -0.4 is 0 Å². The van der Waals surface area contributed by atoms with Crippen LogP contribution in [0, 0.1) is 0 Å². The molecule has 0 saturated heterocycles. The van der Waals surface area contributed by atoms with Crippen LogP contribution in [0.4, 0.5) is 0 Å². The lowest BCUT2D eigenvalue weighted by atomic mass is 10.1. The van der Waals surface area contributed by atoms with Gasteiger partial charge in [-0.1, -0.05) is 11.6 Å². The summed E-state index contributed by atoms with van der Waals surface area (Å²) in [7, 11) is 0. The summed E-state index contributed by atoms with van der Waals surface area (Å²) in [6.45, 7) is 9.22. The van der Waals surface area contributed by atoms with Crippen molar-refractivity contribution in [2.75, 3.05) is 6.61 Å². The fourth-order valence-electron chi connectivity index (χ4n) is 1.43. The topological polar surface area (TPSA) is 21.6 Å². The quantitative estimate of drug-likeness (QED) is 0.498. The van der Waals surface area contributed by atoms with Crippen molar-refractivity contribution in [2.45, 2.75) is 52.5 Å². The molecule has 80 valence electrons. The van der Waals surface area contributed by atoms with Crippen LogP contribution in [0.25, 0.3) is 0 Å². The highest BCUT2D eigenvalue weighted by Gasteiger charge is 2.25. The van der Waals surface area contributed by atoms with Gasteiger partial charge in [-0.05, 0) is 40.5 Å². The average Bonchev–Trinajstić information content (AvgIpc) is 2.39. The van der Waals surface area contributed by atoms with E-state index in [1.807, 2.05) is 0 Å². The van der Waals surface area contributed by atoms with Crippen LogP contribution in [0.1, 0.15) is 47.0 Å². The van der Waals surface area contributed by atoms with E-state index in [4.69, 9.17) is 4.74 Å². The van der Waals surface area contributed by atoms with Crippen molar-refractivity contribution in [1.82, 2.24) is 0 Å². The summed E-state index contributed by atoms with van der Waals surface area (Å²) < 4.78 is 5.50.